The average Bonchev–Trinajstić information content (AvgIpc) is 3.44. The molecule has 3 heterocycles. The van der Waals surface area contributed by atoms with E-state index in [1.54, 1.807) is 0 Å². The van der Waals surface area contributed by atoms with E-state index in [0.717, 1.165) is 43.4 Å². The zero-order valence-electron chi connectivity index (χ0n) is 17.6. The van der Waals surface area contributed by atoms with Crippen LogP contribution in [0.3, 0.4) is 0 Å². The first-order chi connectivity index (χ1) is 15.2. The van der Waals surface area contributed by atoms with Crippen LogP contribution in [0.4, 0.5) is 0 Å². The third kappa shape index (κ3) is 4.17. The van der Waals surface area contributed by atoms with Gasteiger partial charge in [0.05, 0.1) is 13.2 Å². The van der Waals surface area contributed by atoms with E-state index in [0.29, 0.717) is 56.4 Å². The monoisotopic (exact) mass is 424 g/mol. The van der Waals surface area contributed by atoms with Crippen molar-refractivity contribution in [2.75, 3.05) is 39.4 Å². The Kier molecular flexibility index (Phi) is 5.63. The van der Waals surface area contributed by atoms with Crippen LogP contribution in [0.1, 0.15) is 51.4 Å². The number of aromatic amines is 1. The van der Waals surface area contributed by atoms with E-state index < -0.39 is 0 Å². The molecule has 0 unspecified atom stereocenters. The van der Waals surface area contributed by atoms with Crippen molar-refractivity contribution in [2.24, 2.45) is 0 Å². The summed E-state index contributed by atoms with van der Waals surface area (Å²) < 4.78 is 11.5. The van der Waals surface area contributed by atoms with Crippen LogP contribution in [-0.2, 0) is 17.6 Å². The fraction of sp³-hybridized carbons (Fsp3) is 0.522. The summed E-state index contributed by atoms with van der Waals surface area (Å²) in [6.45, 7) is 3.71. The van der Waals surface area contributed by atoms with Crippen molar-refractivity contribution in [3.8, 4) is 5.75 Å². The predicted molar refractivity (Wildman–Crippen MR) is 113 cm³/mol. The number of piperidine rings is 1. The third-order valence-corrected chi connectivity index (χ3v) is 6.42. The molecule has 0 spiro atoms. The molecule has 1 aromatic heterocycles. The van der Waals surface area contributed by atoms with Crippen LogP contribution in [0.5, 0.6) is 5.75 Å². The van der Waals surface area contributed by atoms with Crippen molar-refractivity contribution in [1.82, 2.24) is 20.0 Å². The van der Waals surface area contributed by atoms with Crippen molar-refractivity contribution in [3.63, 3.8) is 0 Å². The second-order valence-electron chi connectivity index (χ2n) is 8.42. The fourth-order valence-corrected chi connectivity index (χ4v) is 4.67. The maximum Gasteiger partial charge on any atom is 0.274 e. The number of carbonyl (C=O) groups is 2. The highest BCUT2D eigenvalue weighted by atomic mass is 16.5. The van der Waals surface area contributed by atoms with E-state index >= 15 is 0 Å². The normalized spacial score (nSPS) is 19.4. The Morgan fingerprint density at radius 2 is 1.81 bits per heavy atom. The largest absolute Gasteiger partial charge is 0.490 e. The molecule has 2 saturated heterocycles. The standard InChI is InChI=1S/C23H28N4O4/c28-22(27-11-13-30-14-12-27)16-3-1-4-18(15-16)31-17-7-9-26(10-8-17)23(29)21-19-5-2-6-20(19)24-25-21/h1,3-4,15,17H,2,5-14H2,(H,24,25). The molecule has 31 heavy (non-hydrogen) atoms. The minimum Gasteiger partial charge on any atom is -0.490 e. The van der Waals surface area contributed by atoms with Gasteiger partial charge in [-0.05, 0) is 37.5 Å². The Morgan fingerprint density at radius 3 is 2.61 bits per heavy atom. The molecule has 1 N–H and O–H groups in total. The molecule has 8 nitrogen and oxygen atoms in total. The van der Waals surface area contributed by atoms with Crippen LogP contribution in [-0.4, -0.2) is 77.3 Å². The number of fused-ring (bicyclic) bond motifs is 1. The molecule has 5 rings (SSSR count). The van der Waals surface area contributed by atoms with Crippen LogP contribution >= 0.6 is 0 Å². The van der Waals surface area contributed by atoms with Gasteiger partial charge in [-0.1, -0.05) is 6.07 Å². The zero-order valence-corrected chi connectivity index (χ0v) is 17.6. The molecule has 3 aliphatic rings. The van der Waals surface area contributed by atoms with E-state index in [2.05, 4.69) is 10.2 Å². The summed E-state index contributed by atoms with van der Waals surface area (Å²) in [4.78, 5) is 29.3. The molecule has 0 radical (unpaired) electrons. The van der Waals surface area contributed by atoms with Gasteiger partial charge in [0.1, 0.15) is 11.9 Å². The molecule has 164 valence electrons. The number of nitrogens with one attached hydrogen (secondary N) is 1. The molecular formula is C23H28N4O4. The van der Waals surface area contributed by atoms with Gasteiger partial charge in [-0.2, -0.15) is 5.10 Å². The summed E-state index contributed by atoms with van der Waals surface area (Å²) in [5, 5.41) is 7.30. The lowest BCUT2D eigenvalue weighted by Crippen LogP contribution is -2.42. The van der Waals surface area contributed by atoms with Crippen LogP contribution in [0.2, 0.25) is 0 Å². The van der Waals surface area contributed by atoms with E-state index in [1.165, 1.54) is 0 Å². The number of aromatic nitrogens is 2. The number of ether oxygens (including phenoxy) is 2. The molecule has 1 aromatic carbocycles. The first-order valence-corrected chi connectivity index (χ1v) is 11.2. The molecule has 0 saturated carbocycles. The SMILES string of the molecule is O=C(c1cccc(OC2CCN(C(=O)c3n[nH]c4c3CCC4)CC2)c1)N1CCOCC1. The highest BCUT2D eigenvalue weighted by molar-refractivity contribution is 5.95. The highest BCUT2D eigenvalue weighted by Gasteiger charge is 2.30. The quantitative estimate of drug-likeness (QED) is 0.812. The molecule has 2 aromatic rings. The maximum atomic E-state index is 12.9. The van der Waals surface area contributed by atoms with Crippen molar-refractivity contribution in [1.29, 1.82) is 0 Å². The van der Waals surface area contributed by atoms with Crippen molar-refractivity contribution in [3.05, 3.63) is 46.8 Å². The van der Waals surface area contributed by atoms with Crippen molar-refractivity contribution in [2.45, 2.75) is 38.2 Å². The fourth-order valence-electron chi connectivity index (χ4n) is 4.67. The number of likely N-dealkylation sites (tertiary alicyclic amines) is 1. The minimum atomic E-state index is 0.0145. The number of amides is 2. The average molecular weight is 425 g/mol. The second-order valence-corrected chi connectivity index (χ2v) is 8.42. The topological polar surface area (TPSA) is 87.8 Å². The molecule has 1 aliphatic carbocycles. The lowest BCUT2D eigenvalue weighted by atomic mass is 10.1. The van der Waals surface area contributed by atoms with E-state index in [-0.39, 0.29) is 17.9 Å². The molecule has 0 bridgehead atoms. The number of benzene rings is 1. The third-order valence-electron chi connectivity index (χ3n) is 6.42. The number of hydrogen-bond donors (Lipinski definition) is 1. The Morgan fingerprint density at radius 1 is 1.03 bits per heavy atom. The number of carbonyl (C=O) groups excluding carboxylic acids is 2. The van der Waals surface area contributed by atoms with Gasteiger partial charge < -0.3 is 19.3 Å². The number of hydrogen-bond acceptors (Lipinski definition) is 5. The summed E-state index contributed by atoms with van der Waals surface area (Å²) in [7, 11) is 0. The molecule has 2 amide bonds. The summed E-state index contributed by atoms with van der Waals surface area (Å²) in [6, 6.07) is 7.40. The van der Waals surface area contributed by atoms with Crippen LogP contribution in [0, 0.1) is 0 Å². The number of H-pyrrole nitrogens is 1. The summed E-state index contributed by atoms with van der Waals surface area (Å²) in [5.74, 6) is 0.741. The van der Waals surface area contributed by atoms with Gasteiger partial charge in [0.15, 0.2) is 5.69 Å². The lowest BCUT2D eigenvalue weighted by Gasteiger charge is -2.32. The van der Waals surface area contributed by atoms with Gasteiger partial charge in [-0.3, -0.25) is 14.7 Å². The summed E-state index contributed by atoms with van der Waals surface area (Å²) in [6.07, 6.45) is 4.57. The first-order valence-electron chi connectivity index (χ1n) is 11.2. The Hall–Kier alpha value is -2.87. The number of aryl methyl sites for hydroxylation is 1. The Balaban J connectivity index is 1.17. The predicted octanol–water partition coefficient (Wildman–Crippen LogP) is 2.05. The van der Waals surface area contributed by atoms with Gasteiger partial charge in [-0.15, -0.1) is 0 Å². The minimum absolute atomic E-state index is 0.0145. The lowest BCUT2D eigenvalue weighted by molar-refractivity contribution is 0.0302. The molecular weight excluding hydrogens is 396 g/mol. The highest BCUT2D eigenvalue weighted by Crippen LogP contribution is 2.26. The second kappa shape index (κ2) is 8.70. The van der Waals surface area contributed by atoms with Gasteiger partial charge in [0.25, 0.3) is 11.8 Å². The molecule has 2 aliphatic heterocycles. The molecule has 2 fully saturated rings. The van der Waals surface area contributed by atoms with Gasteiger partial charge in [0, 0.05) is 55.8 Å². The van der Waals surface area contributed by atoms with E-state index in [9.17, 15) is 9.59 Å². The maximum absolute atomic E-state index is 12.9. The van der Waals surface area contributed by atoms with Crippen LogP contribution in [0.15, 0.2) is 24.3 Å². The molecule has 8 heteroatoms. The smallest absolute Gasteiger partial charge is 0.274 e. The van der Waals surface area contributed by atoms with E-state index in [1.807, 2.05) is 34.1 Å². The van der Waals surface area contributed by atoms with Gasteiger partial charge in [-0.25, -0.2) is 0 Å². The van der Waals surface area contributed by atoms with E-state index in [4.69, 9.17) is 9.47 Å². The number of nitrogens with zero attached hydrogens (tertiary/aromatic N) is 3. The van der Waals surface area contributed by atoms with Gasteiger partial charge in [0.2, 0.25) is 0 Å². The van der Waals surface area contributed by atoms with Gasteiger partial charge >= 0.3 is 0 Å². The number of morpholine rings is 1. The number of rotatable bonds is 4. The first kappa shape index (κ1) is 20.1. The summed E-state index contributed by atoms with van der Waals surface area (Å²) in [5.41, 5.74) is 3.46. The zero-order chi connectivity index (χ0) is 21.2. The molecule has 0 atom stereocenters. The van der Waals surface area contributed by atoms with Crippen molar-refractivity contribution < 1.29 is 19.1 Å². The van der Waals surface area contributed by atoms with Crippen LogP contribution < -0.4 is 4.74 Å². The summed E-state index contributed by atoms with van der Waals surface area (Å²) >= 11 is 0. The van der Waals surface area contributed by atoms with Crippen molar-refractivity contribution >= 4 is 11.8 Å². The Labute approximate surface area is 181 Å². The Bertz CT molecular complexity index is 958. The van der Waals surface area contributed by atoms with Crippen LogP contribution in [0.25, 0.3) is 0 Å².